The number of nitrogens with one attached hydrogen (secondary N) is 1. The number of hydrogen-bond donors (Lipinski definition) is 1. The maximum absolute atomic E-state index is 13.6. The summed E-state index contributed by atoms with van der Waals surface area (Å²) in [5.41, 5.74) is 0.429. The van der Waals surface area contributed by atoms with Crippen LogP contribution in [0.3, 0.4) is 0 Å². The number of halogens is 2. The summed E-state index contributed by atoms with van der Waals surface area (Å²) in [6.07, 6.45) is 3.13. The molecule has 0 aliphatic rings. The zero-order valence-electron chi connectivity index (χ0n) is 11.6. The lowest BCUT2D eigenvalue weighted by atomic mass is 10.0. The van der Waals surface area contributed by atoms with Gasteiger partial charge in [0.25, 0.3) is 0 Å². The van der Waals surface area contributed by atoms with Crippen LogP contribution in [0.1, 0.15) is 38.7 Å². The van der Waals surface area contributed by atoms with E-state index in [0.29, 0.717) is 12.0 Å². The highest BCUT2D eigenvalue weighted by Crippen LogP contribution is 2.15. The van der Waals surface area contributed by atoms with Crippen LogP contribution >= 0.6 is 0 Å². The van der Waals surface area contributed by atoms with E-state index in [9.17, 15) is 8.78 Å². The Morgan fingerprint density at radius 3 is 2.79 bits per heavy atom. The topological polar surface area (TPSA) is 12.0 Å². The van der Waals surface area contributed by atoms with E-state index in [2.05, 4.69) is 24.1 Å². The highest BCUT2D eigenvalue weighted by Gasteiger charge is 2.13. The van der Waals surface area contributed by atoms with Crippen LogP contribution in [0.4, 0.5) is 8.78 Å². The molecule has 0 heterocycles. The SMILES string of the molecule is CC#CCCC(Cc1cccc(F)c1F)NCCC. The molecule has 0 radical (unpaired) electrons. The molecule has 0 saturated heterocycles. The molecule has 1 N–H and O–H groups in total. The van der Waals surface area contributed by atoms with E-state index in [1.165, 1.54) is 0 Å². The maximum atomic E-state index is 13.6. The number of benzene rings is 1. The second-order valence-electron chi connectivity index (χ2n) is 4.53. The molecule has 0 aliphatic heterocycles. The quantitative estimate of drug-likeness (QED) is 0.742. The summed E-state index contributed by atoms with van der Waals surface area (Å²) in [6, 6.07) is 4.48. The van der Waals surface area contributed by atoms with Crippen LogP contribution in [0.25, 0.3) is 0 Å². The summed E-state index contributed by atoms with van der Waals surface area (Å²) in [5, 5.41) is 3.37. The third kappa shape index (κ3) is 5.40. The van der Waals surface area contributed by atoms with Gasteiger partial charge in [0.2, 0.25) is 0 Å². The van der Waals surface area contributed by atoms with Gasteiger partial charge in [0.05, 0.1) is 0 Å². The Labute approximate surface area is 114 Å². The van der Waals surface area contributed by atoms with Crippen LogP contribution < -0.4 is 5.32 Å². The van der Waals surface area contributed by atoms with Crippen molar-refractivity contribution in [1.29, 1.82) is 0 Å². The average molecular weight is 265 g/mol. The Bertz CT molecular complexity index is 446. The van der Waals surface area contributed by atoms with Crippen LogP contribution in [-0.2, 0) is 6.42 Å². The molecule has 0 spiro atoms. The molecule has 0 fully saturated rings. The third-order valence-electron chi connectivity index (χ3n) is 2.98. The van der Waals surface area contributed by atoms with Crippen molar-refractivity contribution >= 4 is 0 Å². The molecule has 1 rings (SSSR count). The summed E-state index contributed by atoms with van der Waals surface area (Å²) in [7, 11) is 0. The van der Waals surface area contributed by atoms with Gasteiger partial charge < -0.3 is 5.32 Å². The molecule has 1 unspecified atom stereocenters. The molecule has 0 saturated carbocycles. The second kappa shape index (κ2) is 8.66. The van der Waals surface area contributed by atoms with Crippen molar-refractivity contribution in [1.82, 2.24) is 5.32 Å². The molecule has 1 nitrogen and oxygen atoms in total. The Morgan fingerprint density at radius 1 is 1.32 bits per heavy atom. The lowest BCUT2D eigenvalue weighted by Crippen LogP contribution is -2.32. The number of hydrogen-bond acceptors (Lipinski definition) is 1. The summed E-state index contributed by atoms with van der Waals surface area (Å²) in [5.74, 6) is 4.35. The van der Waals surface area contributed by atoms with Gasteiger partial charge in [0, 0.05) is 12.5 Å². The zero-order valence-corrected chi connectivity index (χ0v) is 11.6. The molecular formula is C16H21F2N. The summed E-state index contributed by atoms with van der Waals surface area (Å²) in [4.78, 5) is 0. The van der Waals surface area contributed by atoms with Crippen LogP contribution in [-0.4, -0.2) is 12.6 Å². The molecular weight excluding hydrogens is 244 g/mol. The molecule has 0 aromatic heterocycles. The highest BCUT2D eigenvalue weighted by atomic mass is 19.2. The molecule has 1 aromatic carbocycles. The van der Waals surface area contributed by atoms with Crippen LogP contribution in [0.5, 0.6) is 0 Å². The van der Waals surface area contributed by atoms with Crippen molar-refractivity contribution < 1.29 is 8.78 Å². The van der Waals surface area contributed by atoms with Crippen LogP contribution in [0, 0.1) is 23.5 Å². The van der Waals surface area contributed by atoms with Crippen molar-refractivity contribution in [3.63, 3.8) is 0 Å². The molecule has 3 heteroatoms. The van der Waals surface area contributed by atoms with Gasteiger partial charge in [-0.15, -0.1) is 11.8 Å². The summed E-state index contributed by atoms with van der Waals surface area (Å²) in [6.45, 7) is 4.76. The first-order valence-electron chi connectivity index (χ1n) is 6.74. The number of rotatable bonds is 7. The van der Waals surface area contributed by atoms with E-state index in [1.54, 1.807) is 19.1 Å². The predicted molar refractivity (Wildman–Crippen MR) is 74.8 cm³/mol. The average Bonchev–Trinajstić information content (AvgIpc) is 2.41. The minimum absolute atomic E-state index is 0.136. The van der Waals surface area contributed by atoms with E-state index in [0.717, 1.165) is 31.9 Å². The predicted octanol–water partition coefficient (Wildman–Crippen LogP) is 3.68. The van der Waals surface area contributed by atoms with Crippen LogP contribution in [0.2, 0.25) is 0 Å². The van der Waals surface area contributed by atoms with E-state index < -0.39 is 11.6 Å². The minimum Gasteiger partial charge on any atom is -0.314 e. The Morgan fingerprint density at radius 2 is 2.11 bits per heavy atom. The van der Waals surface area contributed by atoms with Gasteiger partial charge in [-0.2, -0.15) is 0 Å². The second-order valence-corrected chi connectivity index (χ2v) is 4.53. The van der Waals surface area contributed by atoms with Crippen LogP contribution in [0.15, 0.2) is 18.2 Å². The van der Waals surface area contributed by atoms with Gasteiger partial charge in [-0.1, -0.05) is 19.1 Å². The van der Waals surface area contributed by atoms with Gasteiger partial charge >= 0.3 is 0 Å². The molecule has 0 bridgehead atoms. The van der Waals surface area contributed by atoms with Crippen molar-refractivity contribution in [3.05, 3.63) is 35.4 Å². The normalized spacial score (nSPS) is 11.8. The maximum Gasteiger partial charge on any atom is 0.162 e. The fraction of sp³-hybridized carbons (Fsp3) is 0.500. The Balaban J connectivity index is 2.68. The lowest BCUT2D eigenvalue weighted by Gasteiger charge is -2.18. The molecule has 104 valence electrons. The molecule has 1 atom stereocenters. The summed E-state index contributed by atoms with van der Waals surface area (Å²) >= 11 is 0. The first kappa shape index (κ1) is 15.7. The lowest BCUT2D eigenvalue weighted by molar-refractivity contribution is 0.457. The monoisotopic (exact) mass is 265 g/mol. The Kier molecular flexibility index (Phi) is 7.14. The van der Waals surface area contributed by atoms with Crippen molar-refractivity contribution in [3.8, 4) is 11.8 Å². The van der Waals surface area contributed by atoms with Gasteiger partial charge in [0.1, 0.15) is 0 Å². The fourth-order valence-electron chi connectivity index (χ4n) is 1.97. The van der Waals surface area contributed by atoms with E-state index >= 15 is 0 Å². The van der Waals surface area contributed by atoms with Crippen molar-refractivity contribution in [2.24, 2.45) is 0 Å². The molecule has 0 amide bonds. The zero-order chi connectivity index (χ0) is 14.1. The molecule has 1 aromatic rings. The van der Waals surface area contributed by atoms with Gasteiger partial charge in [0.15, 0.2) is 11.6 Å². The van der Waals surface area contributed by atoms with Gasteiger partial charge in [-0.3, -0.25) is 0 Å². The molecule has 19 heavy (non-hydrogen) atoms. The van der Waals surface area contributed by atoms with Crippen molar-refractivity contribution in [2.75, 3.05) is 6.54 Å². The first-order chi connectivity index (χ1) is 9.19. The highest BCUT2D eigenvalue weighted by molar-refractivity contribution is 5.20. The summed E-state index contributed by atoms with van der Waals surface area (Å²) < 4.78 is 26.8. The fourth-order valence-corrected chi connectivity index (χ4v) is 1.97. The first-order valence-corrected chi connectivity index (χ1v) is 6.74. The van der Waals surface area contributed by atoms with E-state index in [1.807, 2.05) is 0 Å². The smallest absolute Gasteiger partial charge is 0.162 e. The van der Waals surface area contributed by atoms with E-state index in [-0.39, 0.29) is 6.04 Å². The molecule has 0 aliphatic carbocycles. The van der Waals surface area contributed by atoms with Crippen molar-refractivity contribution in [2.45, 2.75) is 45.6 Å². The van der Waals surface area contributed by atoms with E-state index in [4.69, 9.17) is 0 Å². The third-order valence-corrected chi connectivity index (χ3v) is 2.98. The largest absolute Gasteiger partial charge is 0.314 e. The Hall–Kier alpha value is -1.40. The van der Waals surface area contributed by atoms with Gasteiger partial charge in [-0.05, 0) is 44.4 Å². The van der Waals surface area contributed by atoms with Gasteiger partial charge in [-0.25, -0.2) is 8.78 Å². The standard InChI is InChI=1S/C16H21F2N/c1-3-5-6-9-14(19-11-4-2)12-13-8-7-10-15(17)16(13)18/h7-8,10,14,19H,4,6,9,11-12H2,1-2H3. The minimum atomic E-state index is -0.778.